The van der Waals surface area contributed by atoms with Gasteiger partial charge in [0.2, 0.25) is 0 Å². The zero-order valence-corrected chi connectivity index (χ0v) is 14.5. The van der Waals surface area contributed by atoms with Gasteiger partial charge in [-0.3, -0.25) is 0 Å². The summed E-state index contributed by atoms with van der Waals surface area (Å²) in [6, 6.07) is 9.48. The van der Waals surface area contributed by atoms with E-state index in [1.165, 1.54) is 0 Å². The Kier molecular flexibility index (Phi) is 6.43. The van der Waals surface area contributed by atoms with Gasteiger partial charge in [0.25, 0.3) is 0 Å². The van der Waals surface area contributed by atoms with Crippen molar-refractivity contribution in [1.29, 1.82) is 0 Å². The van der Waals surface area contributed by atoms with Gasteiger partial charge in [0.1, 0.15) is 5.82 Å². The van der Waals surface area contributed by atoms with Crippen LogP contribution in [0.2, 0.25) is 10.0 Å². The van der Waals surface area contributed by atoms with Crippen LogP contribution >= 0.6 is 35.4 Å². The molecule has 0 aliphatic heterocycles. The average molecular weight is 354 g/mol. The molecule has 0 aliphatic carbocycles. The number of nitrogens with one attached hydrogen (secondary N) is 2. The van der Waals surface area contributed by atoms with E-state index in [1.807, 2.05) is 24.3 Å². The van der Waals surface area contributed by atoms with Crippen LogP contribution in [0.1, 0.15) is 18.1 Å². The molecule has 6 heteroatoms. The second-order valence-electron chi connectivity index (χ2n) is 4.77. The zero-order valence-electron chi connectivity index (χ0n) is 12.2. The van der Waals surface area contributed by atoms with Crippen LogP contribution in [-0.4, -0.2) is 16.6 Å². The Hall–Kier alpha value is -1.36. The van der Waals surface area contributed by atoms with Gasteiger partial charge >= 0.3 is 0 Å². The van der Waals surface area contributed by atoms with Gasteiger partial charge in [0.15, 0.2) is 5.11 Å². The first-order chi connectivity index (χ1) is 10.6. The number of rotatable bonds is 5. The third kappa shape index (κ3) is 5.13. The van der Waals surface area contributed by atoms with Crippen LogP contribution in [0.5, 0.6) is 0 Å². The lowest BCUT2D eigenvalue weighted by Gasteiger charge is -2.12. The predicted molar refractivity (Wildman–Crippen MR) is 98.0 cm³/mol. The van der Waals surface area contributed by atoms with Crippen molar-refractivity contribution in [2.45, 2.75) is 19.8 Å². The summed E-state index contributed by atoms with van der Waals surface area (Å²) in [5, 5.41) is 8.13. The fourth-order valence-electron chi connectivity index (χ4n) is 2.06. The van der Waals surface area contributed by atoms with Gasteiger partial charge in [-0.2, -0.15) is 0 Å². The second-order valence-corrected chi connectivity index (χ2v) is 6.05. The molecule has 1 heterocycles. The highest BCUT2D eigenvalue weighted by Crippen LogP contribution is 2.19. The van der Waals surface area contributed by atoms with Crippen LogP contribution in [0.25, 0.3) is 0 Å². The molecule has 0 atom stereocenters. The van der Waals surface area contributed by atoms with E-state index in [2.05, 4.69) is 22.5 Å². The van der Waals surface area contributed by atoms with Crippen molar-refractivity contribution < 1.29 is 0 Å². The fraction of sp³-hybridized carbons (Fsp3) is 0.250. The molecule has 1 aromatic heterocycles. The maximum absolute atomic E-state index is 5.98. The molecule has 0 radical (unpaired) electrons. The number of benzene rings is 1. The quantitative estimate of drug-likeness (QED) is 0.777. The lowest BCUT2D eigenvalue weighted by atomic mass is 10.1. The summed E-state index contributed by atoms with van der Waals surface area (Å²) in [6.07, 6.45) is 3.43. The number of hydrogen-bond donors (Lipinski definition) is 2. The molecule has 2 rings (SSSR count). The predicted octanol–water partition coefficient (Wildman–Crippen LogP) is 4.48. The van der Waals surface area contributed by atoms with Gasteiger partial charge in [-0.05, 0) is 60.5 Å². The van der Waals surface area contributed by atoms with Crippen molar-refractivity contribution in [2.75, 3.05) is 11.9 Å². The van der Waals surface area contributed by atoms with Crippen molar-refractivity contribution >= 4 is 46.4 Å². The summed E-state index contributed by atoms with van der Waals surface area (Å²) < 4.78 is 0. The molecule has 0 aliphatic rings. The highest BCUT2D eigenvalue weighted by molar-refractivity contribution is 7.80. The van der Waals surface area contributed by atoms with Gasteiger partial charge in [-0.15, -0.1) is 0 Å². The Morgan fingerprint density at radius 2 is 1.95 bits per heavy atom. The van der Waals surface area contributed by atoms with E-state index in [0.717, 1.165) is 29.8 Å². The van der Waals surface area contributed by atoms with Crippen molar-refractivity contribution in [3.8, 4) is 0 Å². The van der Waals surface area contributed by atoms with Gasteiger partial charge in [0, 0.05) is 22.8 Å². The van der Waals surface area contributed by atoms with E-state index < -0.39 is 0 Å². The standard InChI is InChI=1S/C16H17Cl2N3S/c1-2-12-4-3-6-19-15(12)21-16(22)20-7-5-11-8-13(17)10-14(18)9-11/h3-4,6,8-10H,2,5,7H2,1H3,(H2,19,20,21,22). The van der Waals surface area contributed by atoms with E-state index in [0.29, 0.717) is 21.7 Å². The van der Waals surface area contributed by atoms with Crippen LogP contribution in [0, 0.1) is 0 Å². The summed E-state index contributed by atoms with van der Waals surface area (Å²) in [5.74, 6) is 0.799. The number of thiocarbonyl (C=S) groups is 1. The van der Waals surface area contributed by atoms with E-state index in [-0.39, 0.29) is 0 Å². The number of halogens is 2. The molecule has 0 amide bonds. The SMILES string of the molecule is CCc1cccnc1NC(=S)NCCc1cc(Cl)cc(Cl)c1. The summed E-state index contributed by atoms with van der Waals surface area (Å²) in [6.45, 7) is 2.78. The zero-order chi connectivity index (χ0) is 15.9. The summed E-state index contributed by atoms with van der Waals surface area (Å²) in [5.41, 5.74) is 2.20. The molecule has 0 fully saturated rings. The van der Waals surface area contributed by atoms with Gasteiger partial charge in [-0.1, -0.05) is 36.2 Å². The molecule has 0 unspecified atom stereocenters. The molecule has 2 N–H and O–H groups in total. The molecule has 0 spiro atoms. The normalized spacial score (nSPS) is 10.3. The smallest absolute Gasteiger partial charge is 0.171 e. The van der Waals surface area contributed by atoms with Crippen molar-refractivity contribution in [3.63, 3.8) is 0 Å². The Morgan fingerprint density at radius 1 is 1.23 bits per heavy atom. The monoisotopic (exact) mass is 353 g/mol. The second kappa shape index (κ2) is 8.32. The minimum absolute atomic E-state index is 0.557. The van der Waals surface area contributed by atoms with Crippen LogP contribution < -0.4 is 10.6 Å². The lowest BCUT2D eigenvalue weighted by molar-refractivity contribution is 0.872. The van der Waals surface area contributed by atoms with Crippen molar-refractivity contribution in [1.82, 2.24) is 10.3 Å². The molecule has 0 saturated carbocycles. The maximum atomic E-state index is 5.98. The number of hydrogen-bond acceptors (Lipinski definition) is 2. The first-order valence-corrected chi connectivity index (χ1v) is 8.18. The third-order valence-electron chi connectivity index (χ3n) is 3.13. The topological polar surface area (TPSA) is 37.0 Å². The number of aryl methyl sites for hydroxylation is 1. The Balaban J connectivity index is 1.85. The highest BCUT2D eigenvalue weighted by atomic mass is 35.5. The summed E-state index contributed by atoms with van der Waals surface area (Å²) in [4.78, 5) is 4.31. The Morgan fingerprint density at radius 3 is 2.64 bits per heavy atom. The minimum atomic E-state index is 0.557. The average Bonchev–Trinajstić information content (AvgIpc) is 2.46. The maximum Gasteiger partial charge on any atom is 0.171 e. The third-order valence-corrected chi connectivity index (χ3v) is 3.81. The van der Waals surface area contributed by atoms with Crippen LogP contribution in [0.4, 0.5) is 5.82 Å². The summed E-state index contributed by atoms with van der Waals surface area (Å²) in [7, 11) is 0. The molecule has 1 aromatic carbocycles. The number of nitrogens with zero attached hydrogens (tertiary/aromatic N) is 1. The van der Waals surface area contributed by atoms with Crippen molar-refractivity contribution in [2.24, 2.45) is 0 Å². The van der Waals surface area contributed by atoms with Crippen molar-refractivity contribution in [3.05, 3.63) is 57.7 Å². The number of aromatic nitrogens is 1. The minimum Gasteiger partial charge on any atom is -0.362 e. The van der Waals surface area contributed by atoms with E-state index in [9.17, 15) is 0 Å². The molecule has 116 valence electrons. The molecule has 0 saturated heterocycles. The van der Waals surface area contributed by atoms with E-state index >= 15 is 0 Å². The van der Waals surface area contributed by atoms with Gasteiger partial charge in [0.05, 0.1) is 0 Å². The largest absolute Gasteiger partial charge is 0.362 e. The van der Waals surface area contributed by atoms with E-state index in [1.54, 1.807) is 12.3 Å². The first-order valence-electron chi connectivity index (χ1n) is 7.02. The molecule has 3 nitrogen and oxygen atoms in total. The fourth-order valence-corrected chi connectivity index (χ4v) is 2.83. The molecule has 22 heavy (non-hydrogen) atoms. The molecule has 2 aromatic rings. The van der Waals surface area contributed by atoms with E-state index in [4.69, 9.17) is 35.4 Å². The van der Waals surface area contributed by atoms with Crippen LogP contribution in [0.3, 0.4) is 0 Å². The van der Waals surface area contributed by atoms with Gasteiger partial charge < -0.3 is 10.6 Å². The Bertz CT molecular complexity index is 641. The van der Waals surface area contributed by atoms with Crippen LogP contribution in [0.15, 0.2) is 36.5 Å². The number of pyridine rings is 1. The summed E-state index contributed by atoms with van der Waals surface area (Å²) >= 11 is 17.3. The van der Waals surface area contributed by atoms with Gasteiger partial charge in [-0.25, -0.2) is 4.98 Å². The molecule has 0 bridgehead atoms. The Labute approximate surface area is 146 Å². The number of anilines is 1. The lowest BCUT2D eigenvalue weighted by Crippen LogP contribution is -2.30. The highest BCUT2D eigenvalue weighted by Gasteiger charge is 2.04. The van der Waals surface area contributed by atoms with Crippen LogP contribution in [-0.2, 0) is 12.8 Å². The first kappa shape index (κ1) is 17.0. The molecular weight excluding hydrogens is 337 g/mol. The molecular formula is C16H17Cl2N3S.